The van der Waals surface area contributed by atoms with Crippen molar-refractivity contribution < 1.29 is 0 Å². The van der Waals surface area contributed by atoms with Crippen molar-refractivity contribution in [3.8, 4) is 17.5 Å². The normalized spacial score (nSPS) is 13.4. The predicted molar refractivity (Wildman–Crippen MR) is 72.8 cm³/mol. The van der Waals surface area contributed by atoms with Crippen molar-refractivity contribution in [2.24, 2.45) is 0 Å². The first-order valence-electron chi connectivity index (χ1n) is 6.62. The number of nitriles is 1. The average molecular weight is 252 g/mol. The van der Waals surface area contributed by atoms with E-state index < -0.39 is 0 Å². The topological polar surface area (TPSA) is 44.9 Å². The van der Waals surface area contributed by atoms with Gasteiger partial charge in [0.25, 0.3) is 0 Å². The van der Waals surface area contributed by atoms with Gasteiger partial charge in [0.05, 0.1) is 24.5 Å². The summed E-state index contributed by atoms with van der Waals surface area (Å²) in [6.07, 6.45) is 3.29. The van der Waals surface area contributed by atoms with Crippen LogP contribution in [0.4, 0.5) is 0 Å². The highest BCUT2D eigenvalue weighted by Crippen LogP contribution is 2.32. The molecular weight excluding hydrogens is 236 g/mol. The summed E-state index contributed by atoms with van der Waals surface area (Å²) < 4.78 is 2.06. The second kappa shape index (κ2) is 4.77. The van der Waals surface area contributed by atoms with E-state index in [-0.39, 0.29) is 0 Å². The third kappa shape index (κ3) is 1.97. The van der Waals surface area contributed by atoms with Crippen LogP contribution in [-0.4, -0.2) is 14.7 Å². The maximum absolute atomic E-state index is 9.09. The van der Waals surface area contributed by atoms with Crippen LogP contribution >= 0.6 is 0 Å². The highest BCUT2D eigenvalue weighted by molar-refractivity contribution is 5.64. The molecule has 1 aliphatic rings. The molecule has 0 saturated heterocycles. The van der Waals surface area contributed by atoms with Gasteiger partial charge < -0.3 is 4.90 Å². The summed E-state index contributed by atoms with van der Waals surface area (Å²) in [4.78, 5) is 1.78. The van der Waals surface area contributed by atoms with E-state index in [9.17, 15) is 0 Å². The molecule has 1 aliphatic heterocycles. The SMILES string of the molecule is CCCn1nc(-c2ccccc2)c2c1CN(C#N)C2. The molecule has 4 nitrogen and oxygen atoms in total. The smallest absolute Gasteiger partial charge is 0.180 e. The first-order chi connectivity index (χ1) is 9.33. The highest BCUT2D eigenvalue weighted by atomic mass is 15.3. The van der Waals surface area contributed by atoms with E-state index in [0.717, 1.165) is 24.2 Å². The molecule has 0 radical (unpaired) electrons. The van der Waals surface area contributed by atoms with Gasteiger partial charge in [0, 0.05) is 17.7 Å². The quantitative estimate of drug-likeness (QED) is 0.789. The van der Waals surface area contributed by atoms with Crippen LogP contribution in [0.5, 0.6) is 0 Å². The number of nitrogens with zero attached hydrogens (tertiary/aromatic N) is 4. The standard InChI is InChI=1S/C15H16N4/c1-2-8-19-14-10-18(11-16)9-13(14)15(17-19)12-6-4-3-5-7-12/h3-7H,2,8-10H2,1H3. The Morgan fingerprint density at radius 1 is 1.26 bits per heavy atom. The minimum absolute atomic E-state index is 0.680. The molecule has 1 aromatic carbocycles. The Morgan fingerprint density at radius 2 is 2.05 bits per heavy atom. The number of benzene rings is 1. The van der Waals surface area contributed by atoms with E-state index in [4.69, 9.17) is 10.4 Å². The predicted octanol–water partition coefficient (Wildman–Crippen LogP) is 2.76. The molecular formula is C15H16N4. The Morgan fingerprint density at radius 3 is 2.74 bits per heavy atom. The molecule has 0 N–H and O–H groups in total. The molecule has 2 aromatic rings. The van der Waals surface area contributed by atoms with Crippen LogP contribution < -0.4 is 0 Å². The van der Waals surface area contributed by atoms with Crippen LogP contribution in [0.1, 0.15) is 24.6 Å². The van der Waals surface area contributed by atoms with Crippen LogP contribution in [0.3, 0.4) is 0 Å². The Hall–Kier alpha value is -2.28. The first kappa shape index (κ1) is 11.8. The summed E-state index contributed by atoms with van der Waals surface area (Å²) in [5, 5.41) is 13.8. The van der Waals surface area contributed by atoms with Crippen molar-refractivity contribution in [3.05, 3.63) is 41.6 Å². The van der Waals surface area contributed by atoms with Gasteiger partial charge >= 0.3 is 0 Å². The zero-order valence-electron chi connectivity index (χ0n) is 11.0. The molecule has 4 heteroatoms. The molecule has 2 heterocycles. The number of hydrogen-bond donors (Lipinski definition) is 0. The van der Waals surface area contributed by atoms with Gasteiger partial charge in [0.2, 0.25) is 0 Å². The fourth-order valence-corrected chi connectivity index (χ4v) is 2.60. The van der Waals surface area contributed by atoms with Crippen LogP contribution in [0, 0.1) is 11.5 Å². The summed E-state index contributed by atoms with van der Waals surface area (Å²) >= 11 is 0. The Labute approximate surface area is 112 Å². The van der Waals surface area contributed by atoms with Crippen molar-refractivity contribution in [3.63, 3.8) is 0 Å². The summed E-state index contributed by atoms with van der Waals surface area (Å²) in [7, 11) is 0. The maximum Gasteiger partial charge on any atom is 0.180 e. The lowest BCUT2D eigenvalue weighted by molar-refractivity contribution is 0.400. The monoisotopic (exact) mass is 252 g/mol. The van der Waals surface area contributed by atoms with E-state index >= 15 is 0 Å². The lowest BCUT2D eigenvalue weighted by Crippen LogP contribution is -2.12. The third-order valence-corrected chi connectivity index (χ3v) is 3.48. The van der Waals surface area contributed by atoms with E-state index in [1.165, 1.54) is 11.3 Å². The number of fused-ring (bicyclic) bond motifs is 1. The molecule has 19 heavy (non-hydrogen) atoms. The Balaban J connectivity index is 2.08. The number of aryl methyl sites for hydroxylation is 1. The maximum atomic E-state index is 9.09. The summed E-state index contributed by atoms with van der Waals surface area (Å²) in [6.45, 7) is 4.42. The molecule has 0 spiro atoms. The van der Waals surface area contributed by atoms with Crippen LogP contribution in [-0.2, 0) is 19.6 Å². The van der Waals surface area contributed by atoms with Gasteiger partial charge in [-0.3, -0.25) is 4.68 Å². The van der Waals surface area contributed by atoms with Crippen molar-refractivity contribution in [1.29, 1.82) is 5.26 Å². The van der Waals surface area contributed by atoms with Gasteiger partial charge in [0.1, 0.15) is 0 Å². The van der Waals surface area contributed by atoms with Gasteiger partial charge in [0.15, 0.2) is 6.19 Å². The molecule has 0 aliphatic carbocycles. The highest BCUT2D eigenvalue weighted by Gasteiger charge is 2.27. The molecule has 0 saturated carbocycles. The fourth-order valence-electron chi connectivity index (χ4n) is 2.60. The van der Waals surface area contributed by atoms with Gasteiger partial charge in [-0.15, -0.1) is 0 Å². The Kier molecular flexibility index (Phi) is 2.96. The average Bonchev–Trinajstić information content (AvgIpc) is 3.00. The van der Waals surface area contributed by atoms with Gasteiger partial charge in [-0.1, -0.05) is 37.3 Å². The minimum atomic E-state index is 0.680. The van der Waals surface area contributed by atoms with E-state index in [1.54, 1.807) is 4.90 Å². The molecule has 0 unspecified atom stereocenters. The second-order valence-corrected chi connectivity index (χ2v) is 4.82. The van der Waals surface area contributed by atoms with Crippen LogP contribution in [0.2, 0.25) is 0 Å². The van der Waals surface area contributed by atoms with Gasteiger partial charge in [-0.25, -0.2) is 0 Å². The van der Waals surface area contributed by atoms with Gasteiger partial charge in [-0.05, 0) is 6.42 Å². The first-order valence-corrected chi connectivity index (χ1v) is 6.62. The molecule has 0 amide bonds. The summed E-state index contributed by atoms with van der Waals surface area (Å²) in [5.41, 5.74) is 4.57. The fraction of sp³-hybridized carbons (Fsp3) is 0.333. The van der Waals surface area contributed by atoms with E-state index in [0.29, 0.717) is 13.1 Å². The summed E-state index contributed by atoms with van der Waals surface area (Å²) in [6, 6.07) is 10.2. The lowest BCUT2D eigenvalue weighted by atomic mass is 10.1. The third-order valence-electron chi connectivity index (χ3n) is 3.48. The Bertz CT molecular complexity index is 622. The van der Waals surface area contributed by atoms with E-state index in [1.807, 2.05) is 18.2 Å². The van der Waals surface area contributed by atoms with Crippen LogP contribution in [0.15, 0.2) is 30.3 Å². The van der Waals surface area contributed by atoms with Crippen molar-refractivity contribution in [2.45, 2.75) is 33.0 Å². The molecule has 0 bridgehead atoms. The minimum Gasteiger partial charge on any atom is -0.300 e. The largest absolute Gasteiger partial charge is 0.300 e. The summed E-state index contributed by atoms with van der Waals surface area (Å²) in [5.74, 6) is 0. The number of hydrogen-bond acceptors (Lipinski definition) is 3. The van der Waals surface area contributed by atoms with Crippen molar-refractivity contribution in [1.82, 2.24) is 14.7 Å². The molecule has 1 aromatic heterocycles. The number of rotatable bonds is 3. The van der Waals surface area contributed by atoms with Crippen molar-refractivity contribution >= 4 is 0 Å². The molecule has 0 atom stereocenters. The second-order valence-electron chi connectivity index (χ2n) is 4.82. The number of aromatic nitrogens is 2. The van der Waals surface area contributed by atoms with Crippen LogP contribution in [0.25, 0.3) is 11.3 Å². The zero-order valence-corrected chi connectivity index (χ0v) is 11.0. The molecule has 0 fully saturated rings. The van der Waals surface area contributed by atoms with E-state index in [2.05, 4.69) is 29.9 Å². The van der Waals surface area contributed by atoms with Crippen molar-refractivity contribution in [2.75, 3.05) is 0 Å². The lowest BCUT2D eigenvalue weighted by Gasteiger charge is -2.08. The molecule has 96 valence electrons. The zero-order chi connectivity index (χ0) is 13.2. The van der Waals surface area contributed by atoms with Gasteiger partial charge in [-0.2, -0.15) is 10.4 Å². The molecule has 3 rings (SSSR count).